The lowest BCUT2D eigenvalue weighted by Gasteiger charge is -2.08. The van der Waals surface area contributed by atoms with Gasteiger partial charge in [-0.05, 0) is 43.3 Å². The minimum absolute atomic E-state index is 0.0189. The summed E-state index contributed by atoms with van der Waals surface area (Å²) in [4.78, 5) is 23.5. The van der Waals surface area contributed by atoms with Gasteiger partial charge in [0.25, 0.3) is 5.91 Å². The lowest BCUT2D eigenvalue weighted by Crippen LogP contribution is -2.15. The molecule has 0 saturated carbocycles. The van der Waals surface area contributed by atoms with E-state index >= 15 is 0 Å². The van der Waals surface area contributed by atoms with Gasteiger partial charge in [-0.2, -0.15) is 5.10 Å². The van der Waals surface area contributed by atoms with Crippen LogP contribution in [0.15, 0.2) is 48.7 Å². The van der Waals surface area contributed by atoms with Crippen LogP contribution in [0.4, 0.5) is 10.1 Å². The summed E-state index contributed by atoms with van der Waals surface area (Å²) in [6.45, 7) is 1.72. The molecule has 0 aliphatic heterocycles. The molecule has 8 heteroatoms. The van der Waals surface area contributed by atoms with Gasteiger partial charge in [0.2, 0.25) is 5.91 Å². The first-order chi connectivity index (χ1) is 12.4. The number of halogens is 2. The van der Waals surface area contributed by atoms with Crippen molar-refractivity contribution in [3.8, 4) is 5.69 Å². The molecule has 1 heterocycles. The number of carbonyl (C=O) groups excluding carboxylic acids is 2. The molecule has 0 aliphatic carbocycles. The molecule has 1 aromatic heterocycles. The van der Waals surface area contributed by atoms with Crippen molar-refractivity contribution in [3.05, 3.63) is 76.3 Å². The highest BCUT2D eigenvalue weighted by molar-refractivity contribution is 6.30. The zero-order chi connectivity index (χ0) is 18.8. The fraction of sp³-hybridized carbons (Fsp3) is 0.0556. The van der Waals surface area contributed by atoms with E-state index in [0.717, 1.165) is 6.07 Å². The van der Waals surface area contributed by atoms with Gasteiger partial charge < -0.3 is 11.1 Å². The summed E-state index contributed by atoms with van der Waals surface area (Å²) in [5.41, 5.74) is 6.61. The number of carbonyl (C=O) groups is 2. The number of anilines is 1. The minimum Gasteiger partial charge on any atom is -0.366 e. The fourth-order valence-electron chi connectivity index (χ4n) is 2.46. The quantitative estimate of drug-likeness (QED) is 0.736. The van der Waals surface area contributed by atoms with Crippen LogP contribution in [-0.4, -0.2) is 21.6 Å². The number of rotatable bonds is 4. The van der Waals surface area contributed by atoms with E-state index in [4.69, 9.17) is 17.3 Å². The van der Waals surface area contributed by atoms with Crippen LogP contribution in [0.5, 0.6) is 0 Å². The highest BCUT2D eigenvalue weighted by Crippen LogP contribution is 2.20. The third-order valence-corrected chi connectivity index (χ3v) is 4.04. The van der Waals surface area contributed by atoms with Gasteiger partial charge in [0.1, 0.15) is 5.82 Å². The molecule has 132 valence electrons. The lowest BCUT2D eigenvalue weighted by atomic mass is 10.1. The number of nitrogens with zero attached hydrogens (tertiary/aromatic N) is 2. The van der Waals surface area contributed by atoms with Gasteiger partial charge in [0.15, 0.2) is 0 Å². The van der Waals surface area contributed by atoms with Gasteiger partial charge in [-0.3, -0.25) is 9.59 Å². The van der Waals surface area contributed by atoms with Crippen molar-refractivity contribution in [1.29, 1.82) is 0 Å². The number of aromatic nitrogens is 2. The molecular formula is C18H14ClFN4O2. The van der Waals surface area contributed by atoms with Crippen LogP contribution >= 0.6 is 11.6 Å². The monoisotopic (exact) mass is 372 g/mol. The van der Waals surface area contributed by atoms with Gasteiger partial charge in [-0.1, -0.05) is 17.7 Å². The summed E-state index contributed by atoms with van der Waals surface area (Å²) in [6.07, 6.45) is 1.39. The molecule has 3 N–H and O–H groups in total. The Morgan fingerprint density at radius 2 is 2.00 bits per heavy atom. The van der Waals surface area contributed by atoms with Crippen molar-refractivity contribution in [1.82, 2.24) is 9.78 Å². The van der Waals surface area contributed by atoms with Crippen molar-refractivity contribution in [3.63, 3.8) is 0 Å². The maximum atomic E-state index is 14.0. The molecule has 0 unspecified atom stereocenters. The number of nitrogens with two attached hydrogens (primary N) is 1. The average Bonchev–Trinajstić information content (AvgIpc) is 2.98. The number of nitrogens with one attached hydrogen (secondary N) is 1. The maximum Gasteiger partial charge on any atom is 0.259 e. The number of primary amides is 1. The van der Waals surface area contributed by atoms with Crippen LogP contribution in [0.3, 0.4) is 0 Å². The van der Waals surface area contributed by atoms with E-state index in [2.05, 4.69) is 10.4 Å². The molecule has 2 aromatic carbocycles. The molecule has 3 aromatic rings. The van der Waals surface area contributed by atoms with Crippen LogP contribution in [0.2, 0.25) is 5.02 Å². The molecule has 0 atom stereocenters. The third kappa shape index (κ3) is 3.43. The number of hydrogen-bond donors (Lipinski definition) is 2. The third-order valence-electron chi connectivity index (χ3n) is 3.81. The van der Waals surface area contributed by atoms with Crippen molar-refractivity contribution < 1.29 is 14.0 Å². The number of hydrogen-bond acceptors (Lipinski definition) is 3. The van der Waals surface area contributed by atoms with Crippen LogP contribution in [-0.2, 0) is 0 Å². The summed E-state index contributed by atoms with van der Waals surface area (Å²) in [5, 5.41) is 7.20. The molecule has 26 heavy (non-hydrogen) atoms. The molecule has 6 nitrogen and oxygen atoms in total. The second-order valence-corrected chi connectivity index (χ2v) is 5.98. The van der Waals surface area contributed by atoms with E-state index in [-0.39, 0.29) is 16.8 Å². The topological polar surface area (TPSA) is 90.0 Å². The largest absolute Gasteiger partial charge is 0.366 e. The van der Waals surface area contributed by atoms with Gasteiger partial charge in [0, 0.05) is 10.6 Å². The molecule has 0 radical (unpaired) electrons. The molecule has 0 bridgehead atoms. The molecule has 0 aliphatic rings. The van der Waals surface area contributed by atoms with Crippen LogP contribution in [0.1, 0.15) is 26.4 Å². The Morgan fingerprint density at radius 1 is 1.23 bits per heavy atom. The Morgan fingerprint density at radius 3 is 2.65 bits per heavy atom. The first-order valence-corrected chi connectivity index (χ1v) is 7.96. The highest BCUT2D eigenvalue weighted by Gasteiger charge is 2.17. The summed E-state index contributed by atoms with van der Waals surface area (Å²) in [5.74, 6) is -2.03. The first kappa shape index (κ1) is 17.6. The second-order valence-electron chi connectivity index (χ2n) is 5.55. The molecule has 0 fully saturated rings. The van der Waals surface area contributed by atoms with Gasteiger partial charge in [-0.25, -0.2) is 9.07 Å². The van der Waals surface area contributed by atoms with E-state index in [0.29, 0.717) is 16.4 Å². The zero-order valence-electron chi connectivity index (χ0n) is 13.7. The predicted octanol–water partition coefficient (Wildman–Crippen LogP) is 3.32. The fourth-order valence-corrected chi connectivity index (χ4v) is 2.64. The Hall–Kier alpha value is -3.19. The van der Waals surface area contributed by atoms with E-state index < -0.39 is 17.6 Å². The Labute approximate surface area is 153 Å². The van der Waals surface area contributed by atoms with E-state index in [1.54, 1.807) is 35.9 Å². The van der Waals surface area contributed by atoms with Crippen molar-refractivity contribution in [2.24, 2.45) is 5.73 Å². The molecule has 0 spiro atoms. The summed E-state index contributed by atoms with van der Waals surface area (Å²) in [6, 6.07) is 10.6. The van der Waals surface area contributed by atoms with E-state index in [1.165, 1.54) is 18.3 Å². The predicted molar refractivity (Wildman–Crippen MR) is 96.2 cm³/mol. The van der Waals surface area contributed by atoms with Gasteiger partial charge in [-0.15, -0.1) is 0 Å². The van der Waals surface area contributed by atoms with E-state index in [9.17, 15) is 14.0 Å². The SMILES string of the molecule is Cc1c(C(=O)Nc2ccc(C(N)=O)cc2F)cnn1-c1cccc(Cl)c1. The first-order valence-electron chi connectivity index (χ1n) is 7.58. The Balaban J connectivity index is 1.86. The standard InChI is InChI=1S/C18H14ClFN4O2/c1-10-14(9-22-24(10)13-4-2-3-12(19)8-13)18(26)23-16-6-5-11(17(21)25)7-15(16)20/h2-9H,1H3,(H2,21,25)(H,23,26). The molecular weight excluding hydrogens is 359 g/mol. The normalized spacial score (nSPS) is 10.6. The number of benzene rings is 2. The van der Waals surface area contributed by atoms with Gasteiger partial charge in [0.05, 0.1) is 28.8 Å². The average molecular weight is 373 g/mol. The van der Waals surface area contributed by atoms with Gasteiger partial charge >= 0.3 is 0 Å². The Bertz CT molecular complexity index is 1020. The Kier molecular flexibility index (Phi) is 4.73. The number of amides is 2. The summed E-state index contributed by atoms with van der Waals surface area (Å²) < 4.78 is 15.6. The lowest BCUT2D eigenvalue weighted by molar-refractivity contribution is 0.0998. The van der Waals surface area contributed by atoms with Crippen LogP contribution in [0.25, 0.3) is 5.69 Å². The highest BCUT2D eigenvalue weighted by atomic mass is 35.5. The second kappa shape index (κ2) is 6.97. The van der Waals surface area contributed by atoms with E-state index in [1.807, 2.05) is 0 Å². The maximum absolute atomic E-state index is 14.0. The smallest absolute Gasteiger partial charge is 0.259 e. The molecule has 0 saturated heterocycles. The summed E-state index contributed by atoms with van der Waals surface area (Å²) in [7, 11) is 0. The van der Waals surface area contributed by atoms with Crippen LogP contribution in [0, 0.1) is 12.7 Å². The van der Waals surface area contributed by atoms with Crippen LogP contribution < -0.4 is 11.1 Å². The molecule has 3 rings (SSSR count). The minimum atomic E-state index is -0.755. The van der Waals surface area contributed by atoms with Crippen molar-refractivity contribution in [2.45, 2.75) is 6.92 Å². The van der Waals surface area contributed by atoms with Crippen molar-refractivity contribution >= 4 is 29.1 Å². The summed E-state index contributed by atoms with van der Waals surface area (Å²) >= 11 is 5.98. The zero-order valence-corrected chi connectivity index (χ0v) is 14.4. The molecule has 2 amide bonds. The van der Waals surface area contributed by atoms with Crippen molar-refractivity contribution in [2.75, 3.05) is 5.32 Å².